The molecule has 7 heteroatoms. The SMILES string of the molecule is CCc1ccc(N2C(=O)[C@@H]3[C@@H](ON(c4ccccc4)[C@H]3c3ccc(OC(=O)c4ccccc4)cc3)C2=O)cc1. The van der Waals surface area contributed by atoms with Gasteiger partial charge in [-0.05, 0) is 66.1 Å². The summed E-state index contributed by atoms with van der Waals surface area (Å²) in [5, 5.41) is 1.65. The molecule has 0 N–H and O–H groups in total. The molecular formula is C32H26N2O5. The van der Waals surface area contributed by atoms with Gasteiger partial charge in [-0.2, -0.15) is 0 Å². The molecule has 0 radical (unpaired) electrons. The number of ether oxygens (including phenoxy) is 1. The first kappa shape index (κ1) is 24.6. The first-order valence-corrected chi connectivity index (χ1v) is 12.9. The van der Waals surface area contributed by atoms with Crippen molar-refractivity contribution in [2.24, 2.45) is 5.92 Å². The highest BCUT2D eigenvalue weighted by atomic mass is 16.7. The van der Waals surface area contributed by atoms with Crippen LogP contribution in [0.25, 0.3) is 0 Å². The van der Waals surface area contributed by atoms with Crippen LogP contribution in [0.3, 0.4) is 0 Å². The first-order chi connectivity index (χ1) is 19.0. The number of aryl methyl sites for hydroxylation is 1. The van der Waals surface area contributed by atoms with E-state index in [1.54, 1.807) is 65.7 Å². The molecule has 2 saturated heterocycles. The van der Waals surface area contributed by atoms with E-state index >= 15 is 0 Å². The first-order valence-electron chi connectivity index (χ1n) is 12.9. The van der Waals surface area contributed by atoms with Gasteiger partial charge in [0.05, 0.1) is 23.0 Å². The zero-order valence-corrected chi connectivity index (χ0v) is 21.3. The number of hydrogen-bond acceptors (Lipinski definition) is 6. The fraction of sp³-hybridized carbons (Fsp3) is 0.156. The van der Waals surface area contributed by atoms with Gasteiger partial charge in [0.1, 0.15) is 11.7 Å². The Hall–Kier alpha value is -4.75. The monoisotopic (exact) mass is 518 g/mol. The van der Waals surface area contributed by atoms with Crippen molar-refractivity contribution < 1.29 is 24.0 Å². The molecule has 2 aliphatic rings. The molecule has 4 aromatic carbocycles. The number of benzene rings is 4. The van der Waals surface area contributed by atoms with Crippen LogP contribution in [-0.2, 0) is 20.8 Å². The van der Waals surface area contributed by atoms with Gasteiger partial charge in [-0.15, -0.1) is 0 Å². The molecule has 2 heterocycles. The van der Waals surface area contributed by atoms with E-state index in [1.807, 2.05) is 48.5 Å². The lowest BCUT2D eigenvalue weighted by Gasteiger charge is -2.28. The fourth-order valence-corrected chi connectivity index (χ4v) is 5.16. The quantitative estimate of drug-likeness (QED) is 0.190. The van der Waals surface area contributed by atoms with Gasteiger partial charge < -0.3 is 4.74 Å². The second-order valence-electron chi connectivity index (χ2n) is 9.51. The number of esters is 1. The summed E-state index contributed by atoms with van der Waals surface area (Å²) >= 11 is 0. The fourth-order valence-electron chi connectivity index (χ4n) is 5.16. The molecule has 0 unspecified atom stereocenters. The minimum Gasteiger partial charge on any atom is -0.423 e. The maximum absolute atomic E-state index is 13.8. The molecular weight excluding hydrogens is 492 g/mol. The standard InChI is InChI=1S/C32H26N2O5/c1-2-21-13-17-24(18-14-21)33-30(35)27-28(34(39-29(27)31(33)36)25-11-7-4-8-12-25)22-15-19-26(20-16-22)38-32(37)23-9-5-3-6-10-23/h3-20,27-29H,2H2,1H3/t27-,28-,29+/m0/s1. The molecule has 2 fully saturated rings. The number of nitrogens with zero attached hydrogens (tertiary/aromatic N) is 2. The molecule has 0 saturated carbocycles. The normalized spacial score (nSPS) is 20.3. The highest BCUT2D eigenvalue weighted by Crippen LogP contribution is 2.47. The maximum atomic E-state index is 13.8. The van der Waals surface area contributed by atoms with Crippen molar-refractivity contribution in [3.8, 4) is 5.75 Å². The lowest BCUT2D eigenvalue weighted by Crippen LogP contribution is -2.37. The maximum Gasteiger partial charge on any atom is 0.343 e. The summed E-state index contributed by atoms with van der Waals surface area (Å²) in [6, 6.07) is 32.0. The number of rotatable bonds is 6. The van der Waals surface area contributed by atoms with Crippen molar-refractivity contribution in [2.45, 2.75) is 25.5 Å². The summed E-state index contributed by atoms with van der Waals surface area (Å²) in [4.78, 5) is 47.3. The predicted octanol–water partition coefficient (Wildman–Crippen LogP) is 5.52. The molecule has 0 aromatic heterocycles. The second kappa shape index (κ2) is 10.2. The zero-order valence-electron chi connectivity index (χ0n) is 21.3. The minimum absolute atomic E-state index is 0.308. The Balaban J connectivity index is 1.32. The molecule has 2 amide bonds. The van der Waals surface area contributed by atoms with Crippen LogP contribution in [0.5, 0.6) is 5.75 Å². The summed E-state index contributed by atoms with van der Waals surface area (Å²) < 4.78 is 5.54. The van der Waals surface area contributed by atoms with E-state index in [4.69, 9.17) is 9.57 Å². The molecule has 2 aliphatic heterocycles. The van der Waals surface area contributed by atoms with E-state index < -0.39 is 24.0 Å². The lowest BCUT2D eigenvalue weighted by atomic mass is 9.90. The van der Waals surface area contributed by atoms with Crippen molar-refractivity contribution in [2.75, 3.05) is 9.96 Å². The smallest absolute Gasteiger partial charge is 0.343 e. The topological polar surface area (TPSA) is 76.2 Å². The van der Waals surface area contributed by atoms with E-state index in [2.05, 4.69) is 6.92 Å². The van der Waals surface area contributed by atoms with Gasteiger partial charge in [0.2, 0.25) is 5.91 Å². The van der Waals surface area contributed by atoms with Crippen LogP contribution in [0.4, 0.5) is 11.4 Å². The Morgan fingerprint density at radius 3 is 2.05 bits per heavy atom. The third-order valence-corrected chi connectivity index (χ3v) is 7.17. The molecule has 3 atom stereocenters. The molecule has 7 nitrogen and oxygen atoms in total. The molecule has 0 spiro atoms. The van der Waals surface area contributed by atoms with Crippen LogP contribution >= 0.6 is 0 Å². The summed E-state index contributed by atoms with van der Waals surface area (Å²) in [7, 11) is 0. The number of amides is 2. The number of anilines is 2. The Bertz CT molecular complexity index is 1500. The van der Waals surface area contributed by atoms with Crippen molar-refractivity contribution in [3.63, 3.8) is 0 Å². The number of carbonyl (C=O) groups is 3. The Kier molecular flexibility index (Phi) is 6.42. The highest BCUT2D eigenvalue weighted by Gasteiger charge is 2.60. The molecule has 39 heavy (non-hydrogen) atoms. The number of imide groups is 1. The minimum atomic E-state index is -0.954. The third kappa shape index (κ3) is 4.47. The van der Waals surface area contributed by atoms with Crippen LogP contribution in [0.15, 0.2) is 109 Å². The predicted molar refractivity (Wildman–Crippen MR) is 146 cm³/mol. The van der Waals surface area contributed by atoms with Crippen LogP contribution < -0.4 is 14.7 Å². The number of hydroxylamine groups is 1. The molecule has 0 bridgehead atoms. The Morgan fingerprint density at radius 1 is 0.769 bits per heavy atom. The van der Waals surface area contributed by atoms with Crippen LogP contribution in [0, 0.1) is 5.92 Å². The van der Waals surface area contributed by atoms with Gasteiger partial charge in [-0.1, -0.05) is 67.6 Å². The largest absolute Gasteiger partial charge is 0.423 e. The number of para-hydroxylation sites is 1. The van der Waals surface area contributed by atoms with E-state index in [0.29, 0.717) is 17.0 Å². The molecule has 4 aromatic rings. The van der Waals surface area contributed by atoms with E-state index in [-0.39, 0.29) is 11.8 Å². The molecule has 6 rings (SSSR count). The summed E-state index contributed by atoms with van der Waals surface area (Å²) in [5.41, 5.74) is 3.60. The highest BCUT2D eigenvalue weighted by molar-refractivity contribution is 6.23. The van der Waals surface area contributed by atoms with Crippen molar-refractivity contribution in [1.29, 1.82) is 0 Å². The van der Waals surface area contributed by atoms with Gasteiger partial charge in [-0.25, -0.2) is 14.8 Å². The summed E-state index contributed by atoms with van der Waals surface area (Å²) in [6.07, 6.45) is -0.0921. The summed E-state index contributed by atoms with van der Waals surface area (Å²) in [5.74, 6) is -1.52. The Labute approximate surface area is 226 Å². The molecule has 0 aliphatic carbocycles. The van der Waals surface area contributed by atoms with Crippen LogP contribution in [-0.4, -0.2) is 23.9 Å². The summed E-state index contributed by atoms with van der Waals surface area (Å²) in [6.45, 7) is 2.05. The average molecular weight is 519 g/mol. The van der Waals surface area contributed by atoms with Gasteiger partial charge >= 0.3 is 5.97 Å². The second-order valence-corrected chi connectivity index (χ2v) is 9.51. The van der Waals surface area contributed by atoms with E-state index in [0.717, 1.165) is 23.2 Å². The number of carbonyl (C=O) groups excluding carboxylic acids is 3. The lowest BCUT2D eigenvalue weighted by molar-refractivity contribution is -0.126. The van der Waals surface area contributed by atoms with Gasteiger partial charge in [0.15, 0.2) is 6.10 Å². The van der Waals surface area contributed by atoms with E-state index in [1.165, 1.54) is 4.90 Å². The van der Waals surface area contributed by atoms with Crippen LogP contribution in [0.1, 0.15) is 34.5 Å². The molecule has 194 valence electrons. The van der Waals surface area contributed by atoms with Crippen LogP contribution in [0.2, 0.25) is 0 Å². The van der Waals surface area contributed by atoms with Gasteiger partial charge in [-0.3, -0.25) is 14.4 Å². The average Bonchev–Trinajstić information content (AvgIpc) is 3.50. The zero-order chi connectivity index (χ0) is 26.9. The van der Waals surface area contributed by atoms with E-state index in [9.17, 15) is 14.4 Å². The van der Waals surface area contributed by atoms with Crippen molar-refractivity contribution in [3.05, 3.63) is 126 Å². The number of hydrogen-bond donors (Lipinski definition) is 0. The van der Waals surface area contributed by atoms with Gasteiger partial charge in [0.25, 0.3) is 5.91 Å². The van der Waals surface area contributed by atoms with Crippen molar-refractivity contribution in [1.82, 2.24) is 0 Å². The van der Waals surface area contributed by atoms with Gasteiger partial charge in [0, 0.05) is 0 Å². The Morgan fingerprint density at radius 2 is 1.41 bits per heavy atom. The third-order valence-electron chi connectivity index (χ3n) is 7.17. The van der Waals surface area contributed by atoms with Crippen molar-refractivity contribution >= 4 is 29.2 Å². The number of fused-ring (bicyclic) bond motifs is 1.